The highest BCUT2D eigenvalue weighted by Gasteiger charge is 2.60. The Bertz CT molecular complexity index is 2750. The van der Waals surface area contributed by atoms with Gasteiger partial charge < -0.3 is 193 Å². The lowest BCUT2D eigenvalue weighted by molar-refractivity contribution is -0.404. The molecule has 1 aromatic rings. The largest absolute Gasteiger partial charge is 0.394 e. The van der Waals surface area contributed by atoms with E-state index in [0.29, 0.717) is 5.56 Å². The zero-order valence-corrected chi connectivity index (χ0v) is 52.3. The molecule has 30 heterocycles. The van der Waals surface area contributed by atoms with E-state index >= 15 is 0 Å². The van der Waals surface area contributed by atoms with Crippen LogP contribution >= 0.6 is 0 Å². The SMILES string of the molecule is Cc1ccc(S(=O)(=O)OCC2O[C@@H]3O[C@@H]4C(CO)O[C@H](O[C@H]5[C@H](O)[C@@H](O)[C@@H](O[C@H]6[C@H](O)[C@@H](O)[C@@H](O[C@H]7[C@H](O)[C@@H](O)[C@@H](O[C@H]8[C@H](O)[C@@H](O)[C@H](O[C@@H]8CO)O[C@H]8C(O)[C@@H](O)[C@@H](O[C@H]9[C@H](O)[C@@H](O)[C@@H](O[C@H]2[C@H](O)[C@H]3O)O[C@@H]9CO)O[C@@H]8CO)O[C@@H]7CO)O[C@@H]6CO)O[C@@H]5CO)[C@H](O)[C@H]4O)cc1. The molecule has 0 radical (unpaired) electrons. The zero-order valence-electron chi connectivity index (χ0n) is 51.5. The van der Waals surface area contributed by atoms with E-state index in [1.54, 1.807) is 6.92 Å². The predicted molar refractivity (Wildman–Crippen MR) is 298 cm³/mol. The normalized spacial score (nSPS) is 51.1. The highest BCUT2D eigenvalue weighted by atomic mass is 32.2. The van der Waals surface area contributed by atoms with Crippen LogP contribution in [-0.4, -0.2) is 424 Å². The van der Waals surface area contributed by atoms with Gasteiger partial charge in [0.2, 0.25) is 0 Å². The average Bonchev–Trinajstić information content (AvgIpc) is 0.777. The number of aliphatic hydroxyl groups excluding tert-OH is 23. The third-order valence-electron chi connectivity index (χ3n) is 18.4. The van der Waals surface area contributed by atoms with E-state index in [4.69, 9.17) is 80.0 Å². The third-order valence-corrected chi connectivity index (χ3v) is 19.7. The molecule has 43 heteroatoms. The Balaban J connectivity index is 0.936. The van der Waals surface area contributed by atoms with Crippen molar-refractivity contribution in [2.45, 2.75) is 257 Å². The Labute approximate surface area is 554 Å². The second kappa shape index (κ2) is 32.9. The lowest BCUT2D eigenvalue weighted by Crippen LogP contribution is -2.69. The lowest BCUT2D eigenvalue weighted by Gasteiger charge is -2.50. The molecule has 40 atom stereocenters. The summed E-state index contributed by atoms with van der Waals surface area (Å²) < 4.78 is 125. The van der Waals surface area contributed by atoms with Gasteiger partial charge in [0.25, 0.3) is 10.1 Å². The molecular weight excluding hydrogens is 1360 g/mol. The van der Waals surface area contributed by atoms with E-state index in [9.17, 15) is 126 Å². The van der Waals surface area contributed by atoms with Crippen LogP contribution in [0.4, 0.5) is 0 Å². The molecule has 30 saturated heterocycles. The molecule has 23 N–H and O–H groups in total. The summed E-state index contributed by atoms with van der Waals surface area (Å²) in [6.45, 7) is -7.35. The van der Waals surface area contributed by atoms with Crippen molar-refractivity contribution in [3.8, 4) is 0 Å². The topological polar surface area (TPSA) is 656 Å². The molecule has 0 saturated carbocycles. The molecule has 98 heavy (non-hydrogen) atoms. The molecule has 31 rings (SSSR count). The maximum Gasteiger partial charge on any atom is 0.297 e. The smallest absolute Gasteiger partial charge is 0.297 e. The number of hydrogen-bond donors (Lipinski definition) is 23. The van der Waals surface area contributed by atoms with Gasteiger partial charge in [0.05, 0.1) is 57.8 Å². The first kappa shape index (κ1) is 78.2. The fraction of sp³-hybridized carbons (Fsp3) is 0.891. The highest BCUT2D eigenvalue weighted by molar-refractivity contribution is 7.86. The molecule has 0 aliphatic carbocycles. The van der Waals surface area contributed by atoms with Gasteiger partial charge >= 0.3 is 0 Å². The maximum absolute atomic E-state index is 13.6. The molecule has 1 aromatic carbocycles. The summed E-state index contributed by atoms with van der Waals surface area (Å²) >= 11 is 0. The molecule has 0 aromatic heterocycles. The van der Waals surface area contributed by atoms with Crippen molar-refractivity contribution in [3.05, 3.63) is 29.8 Å². The van der Waals surface area contributed by atoms with Crippen molar-refractivity contribution >= 4 is 10.1 Å². The van der Waals surface area contributed by atoms with Crippen LogP contribution in [0.3, 0.4) is 0 Å². The summed E-state index contributed by atoms with van der Waals surface area (Å²) in [5.41, 5.74) is 0.638. The van der Waals surface area contributed by atoms with Gasteiger partial charge in [0, 0.05) is 0 Å². The van der Waals surface area contributed by atoms with Crippen LogP contribution in [0.1, 0.15) is 5.56 Å². The van der Waals surface area contributed by atoms with E-state index in [0.717, 1.165) is 0 Å². The van der Waals surface area contributed by atoms with Gasteiger partial charge in [-0.1, -0.05) is 17.7 Å². The molecule has 30 fully saturated rings. The first-order chi connectivity index (χ1) is 46.5. The summed E-state index contributed by atoms with van der Waals surface area (Å²) in [7, 11) is -4.76. The highest BCUT2D eigenvalue weighted by Crippen LogP contribution is 2.40. The van der Waals surface area contributed by atoms with Crippen LogP contribution in [0.5, 0.6) is 0 Å². The van der Waals surface area contributed by atoms with Crippen molar-refractivity contribution in [3.63, 3.8) is 0 Å². The third kappa shape index (κ3) is 15.8. The monoisotopic (exact) mass is 1450 g/mol. The Morgan fingerprint density at radius 2 is 0.429 bits per heavy atom. The predicted octanol–water partition coefficient (Wildman–Crippen LogP) is -15.7. The van der Waals surface area contributed by atoms with Crippen LogP contribution in [0.15, 0.2) is 29.2 Å². The minimum absolute atomic E-state index is 0.399. The second-order valence-electron chi connectivity index (χ2n) is 24.8. The Hall–Kier alpha value is -2.43. The fourth-order valence-corrected chi connectivity index (χ4v) is 13.7. The Kier molecular flexibility index (Phi) is 26.3. The van der Waals surface area contributed by atoms with Crippen molar-refractivity contribution < 1.29 is 206 Å². The van der Waals surface area contributed by atoms with Crippen LogP contribution in [0.25, 0.3) is 0 Å². The average molecular weight is 1450 g/mol. The summed E-state index contributed by atoms with van der Waals surface area (Å²) in [6.07, 6.45) is -84.8. The first-order valence-corrected chi connectivity index (χ1v) is 32.5. The van der Waals surface area contributed by atoms with E-state index in [1.165, 1.54) is 24.3 Å². The van der Waals surface area contributed by atoms with Crippen molar-refractivity contribution in [2.24, 2.45) is 0 Å². The van der Waals surface area contributed by atoms with Gasteiger partial charge in [-0.25, -0.2) is 0 Å². The van der Waals surface area contributed by atoms with E-state index in [2.05, 4.69) is 0 Å². The van der Waals surface area contributed by atoms with E-state index < -0.39 is 314 Å². The summed E-state index contributed by atoms with van der Waals surface area (Å²) in [5, 5.41) is 258. The minimum atomic E-state index is -4.76. The fourth-order valence-electron chi connectivity index (χ4n) is 12.8. The van der Waals surface area contributed by atoms with Gasteiger partial charge in [0.15, 0.2) is 50.3 Å². The summed E-state index contributed by atoms with van der Waals surface area (Å²) in [5.74, 6) is 0. The first-order valence-electron chi connectivity index (χ1n) is 31.1. The number of ether oxygens (including phenoxy) is 16. The van der Waals surface area contributed by atoms with Crippen LogP contribution in [0, 0.1) is 6.92 Å². The van der Waals surface area contributed by atoms with Gasteiger partial charge in [-0.15, -0.1) is 0 Å². The Morgan fingerprint density at radius 1 is 0.265 bits per heavy atom. The molecule has 0 spiro atoms. The van der Waals surface area contributed by atoms with E-state index in [1.807, 2.05) is 0 Å². The Morgan fingerprint density at radius 3 is 0.602 bits per heavy atom. The van der Waals surface area contributed by atoms with Crippen molar-refractivity contribution in [1.29, 1.82) is 0 Å². The zero-order chi connectivity index (χ0) is 71.3. The number of rotatable bonds is 11. The second-order valence-corrected chi connectivity index (χ2v) is 26.4. The molecule has 564 valence electrons. The van der Waals surface area contributed by atoms with Crippen molar-refractivity contribution in [2.75, 3.05) is 52.9 Å². The van der Waals surface area contributed by atoms with Crippen LogP contribution in [-0.2, 0) is 90.1 Å². The van der Waals surface area contributed by atoms with Crippen LogP contribution < -0.4 is 0 Å². The molecule has 0 amide bonds. The molecule has 42 nitrogen and oxygen atoms in total. The molecule has 16 bridgehead atoms. The van der Waals surface area contributed by atoms with Gasteiger partial charge in [-0.05, 0) is 19.1 Å². The lowest BCUT2D eigenvalue weighted by atomic mass is 9.94. The summed E-state index contributed by atoms with van der Waals surface area (Å²) in [6, 6.07) is 5.20. The number of benzene rings is 1. The summed E-state index contributed by atoms with van der Waals surface area (Å²) in [4.78, 5) is -0.399. The van der Waals surface area contributed by atoms with Crippen LogP contribution in [0.2, 0.25) is 0 Å². The standard InChI is InChI=1S/C55H86O42S/c1-14-2-4-15(5-3-14)98(79,80)81-13-23-47-31(70)39(78)55(89-23)96-46-22(12-62)87-53(37(76)29(46)68)94-44-20(10-60)85-51(35(74)27(44)66)92-42-18(8-58)83-49(33(72)25(42)64)90-40-16(6-56)82-48(32(71)24(40)63)91-41-17(7-57)84-50(34(73)26(41)65)93-43-19(9-59)86-52(36(75)28(43)67)95-45-21(11-61)88-54(97-47)38(77)30(45)69/h2-5,16-78H,6-13H2,1H3/t16-,17-,18-,19-,20-,21-,22?,23?,24-,25-,26-,27-,28?,29-,30-,31-,32-,33-,34-,35-,36-,37-,38-,39-,40-,41-,42-,43-,44-,45-,46-,47-,48-,49-,50-,51-,52-,53-,54-,55-/m1/s1. The van der Waals surface area contributed by atoms with Crippen molar-refractivity contribution in [1.82, 2.24) is 0 Å². The molecule has 30 aliphatic rings. The maximum atomic E-state index is 13.6. The van der Waals surface area contributed by atoms with Gasteiger partial charge in [-0.2, -0.15) is 8.42 Å². The van der Waals surface area contributed by atoms with Gasteiger partial charge in [0.1, 0.15) is 195 Å². The van der Waals surface area contributed by atoms with Gasteiger partial charge in [-0.3, -0.25) is 4.18 Å². The number of aryl methyl sites for hydroxylation is 1. The number of hydrogen-bond acceptors (Lipinski definition) is 42. The quantitative estimate of drug-likeness (QED) is 0.0915. The number of aliphatic hydroxyl groups is 23. The minimum Gasteiger partial charge on any atom is -0.394 e. The molecular formula is C55H86O42S. The van der Waals surface area contributed by atoms with E-state index in [-0.39, 0.29) is 0 Å². The molecule has 3 unspecified atom stereocenters. The molecule has 30 aliphatic heterocycles.